The highest BCUT2D eigenvalue weighted by Crippen LogP contribution is 2.38. The lowest BCUT2D eigenvalue weighted by Gasteiger charge is -2.19. The number of hydrogen-bond acceptors (Lipinski definition) is 5. The zero-order valence-electron chi connectivity index (χ0n) is 14.5. The Hall–Kier alpha value is -3.22. The Morgan fingerprint density at radius 2 is 2.00 bits per heavy atom. The van der Waals surface area contributed by atoms with Crippen LogP contribution < -0.4 is 26.4 Å². The number of hydrogen-bond donors (Lipinski definition) is 4. The molecule has 3 rings (SSSR count). The summed E-state index contributed by atoms with van der Waals surface area (Å²) in [6.07, 6.45) is 0.848. The monoisotopic (exact) mass is 354 g/mol. The fraction of sp³-hybridized carbons (Fsp3) is 0.263. The van der Waals surface area contributed by atoms with Crippen molar-refractivity contribution < 1.29 is 14.3 Å². The van der Waals surface area contributed by atoms with Gasteiger partial charge in [-0.05, 0) is 31.5 Å². The third kappa shape index (κ3) is 4.05. The molecule has 0 saturated heterocycles. The molecule has 0 spiro atoms. The molecule has 0 fully saturated rings. The molecule has 5 N–H and O–H groups in total. The van der Waals surface area contributed by atoms with Gasteiger partial charge >= 0.3 is 0 Å². The standard InChI is InChI=1S/C19H22N4O3/c1-12(18(20)24)22-14-10-15(17-16(11-14)26-9-5-8-21-17)23-19(25)13-6-3-2-4-7-13/h2-4,6-7,10-12,21-22H,5,8-9H2,1H3,(H2,20,24)(H,23,25)/t12-/m0/s1. The van der Waals surface area contributed by atoms with Crippen molar-refractivity contribution in [3.63, 3.8) is 0 Å². The number of nitrogens with two attached hydrogens (primary N) is 1. The molecule has 2 aromatic carbocycles. The summed E-state index contributed by atoms with van der Waals surface area (Å²) < 4.78 is 5.79. The SMILES string of the molecule is C[C@H](Nc1cc(NC(=O)c2ccccc2)c2c(c1)OCCCN2)C(N)=O. The number of carbonyl (C=O) groups is 2. The average Bonchev–Trinajstić information content (AvgIpc) is 2.88. The molecule has 0 saturated carbocycles. The predicted octanol–water partition coefficient (Wildman–Crippen LogP) is 2.42. The fourth-order valence-corrected chi connectivity index (χ4v) is 2.67. The van der Waals surface area contributed by atoms with E-state index in [1.807, 2.05) is 18.2 Å². The van der Waals surface area contributed by atoms with Crippen LogP contribution in [0.4, 0.5) is 17.1 Å². The predicted molar refractivity (Wildman–Crippen MR) is 102 cm³/mol. The number of anilines is 3. The molecule has 7 nitrogen and oxygen atoms in total. The van der Waals surface area contributed by atoms with Crippen LogP contribution in [0.15, 0.2) is 42.5 Å². The van der Waals surface area contributed by atoms with Gasteiger partial charge in [-0.1, -0.05) is 18.2 Å². The highest BCUT2D eigenvalue weighted by atomic mass is 16.5. The minimum Gasteiger partial charge on any atom is -0.491 e. The lowest BCUT2D eigenvalue weighted by Crippen LogP contribution is -2.32. The van der Waals surface area contributed by atoms with Crippen LogP contribution in [0.3, 0.4) is 0 Å². The van der Waals surface area contributed by atoms with Gasteiger partial charge in [-0.3, -0.25) is 9.59 Å². The maximum absolute atomic E-state index is 12.6. The number of carbonyl (C=O) groups excluding carboxylic acids is 2. The van der Waals surface area contributed by atoms with Gasteiger partial charge < -0.3 is 26.4 Å². The van der Waals surface area contributed by atoms with Gasteiger partial charge in [-0.2, -0.15) is 0 Å². The summed E-state index contributed by atoms with van der Waals surface area (Å²) in [4.78, 5) is 23.9. The van der Waals surface area contributed by atoms with Gasteiger partial charge in [0.15, 0.2) is 0 Å². The van der Waals surface area contributed by atoms with Crippen LogP contribution in [0.1, 0.15) is 23.7 Å². The highest BCUT2D eigenvalue weighted by Gasteiger charge is 2.18. The number of ether oxygens (including phenoxy) is 1. The number of fused-ring (bicyclic) bond motifs is 1. The van der Waals surface area contributed by atoms with Crippen molar-refractivity contribution in [1.82, 2.24) is 0 Å². The van der Waals surface area contributed by atoms with Crippen molar-refractivity contribution in [2.24, 2.45) is 5.73 Å². The molecule has 7 heteroatoms. The molecule has 1 atom stereocenters. The van der Waals surface area contributed by atoms with Gasteiger partial charge in [0.25, 0.3) is 5.91 Å². The number of benzene rings is 2. The molecule has 26 heavy (non-hydrogen) atoms. The molecule has 1 aliphatic rings. The molecule has 0 bridgehead atoms. The van der Waals surface area contributed by atoms with E-state index in [2.05, 4.69) is 16.0 Å². The summed E-state index contributed by atoms with van der Waals surface area (Å²) in [5.74, 6) is -0.0691. The maximum atomic E-state index is 12.6. The van der Waals surface area contributed by atoms with Gasteiger partial charge in [0.2, 0.25) is 5.91 Å². The number of primary amides is 1. The Kier molecular flexibility index (Phi) is 5.26. The minimum absolute atomic E-state index is 0.223. The first-order chi connectivity index (χ1) is 12.5. The van der Waals surface area contributed by atoms with Crippen molar-refractivity contribution in [2.45, 2.75) is 19.4 Å². The summed E-state index contributed by atoms with van der Waals surface area (Å²) >= 11 is 0. The fourth-order valence-electron chi connectivity index (χ4n) is 2.67. The van der Waals surface area contributed by atoms with Crippen LogP contribution >= 0.6 is 0 Å². The van der Waals surface area contributed by atoms with E-state index < -0.39 is 11.9 Å². The van der Waals surface area contributed by atoms with Gasteiger partial charge in [0, 0.05) is 23.9 Å². The van der Waals surface area contributed by atoms with E-state index in [1.165, 1.54) is 0 Å². The molecule has 2 amide bonds. The molecular weight excluding hydrogens is 332 g/mol. The molecule has 0 radical (unpaired) electrons. The van der Waals surface area contributed by atoms with Crippen molar-refractivity contribution in [2.75, 3.05) is 29.1 Å². The van der Waals surface area contributed by atoms with Crippen LogP contribution in [-0.2, 0) is 4.79 Å². The molecule has 0 aliphatic carbocycles. The topological polar surface area (TPSA) is 105 Å². The first-order valence-electron chi connectivity index (χ1n) is 8.51. The van der Waals surface area contributed by atoms with E-state index in [-0.39, 0.29) is 5.91 Å². The number of amides is 2. The summed E-state index contributed by atoms with van der Waals surface area (Å²) in [7, 11) is 0. The van der Waals surface area contributed by atoms with E-state index in [4.69, 9.17) is 10.5 Å². The van der Waals surface area contributed by atoms with E-state index in [9.17, 15) is 9.59 Å². The van der Waals surface area contributed by atoms with E-state index in [1.54, 1.807) is 31.2 Å². The summed E-state index contributed by atoms with van der Waals surface area (Å²) in [6, 6.07) is 12.0. The third-order valence-electron chi connectivity index (χ3n) is 4.08. The van der Waals surface area contributed by atoms with Gasteiger partial charge in [0.05, 0.1) is 12.3 Å². The minimum atomic E-state index is -0.551. The van der Waals surface area contributed by atoms with Crippen LogP contribution in [0, 0.1) is 0 Å². The second-order valence-corrected chi connectivity index (χ2v) is 6.11. The Labute approximate surface area is 151 Å². The third-order valence-corrected chi connectivity index (χ3v) is 4.08. The molecule has 0 unspecified atom stereocenters. The van der Waals surface area contributed by atoms with Crippen LogP contribution in [0.25, 0.3) is 0 Å². The summed E-state index contributed by atoms with van der Waals surface area (Å²) in [6.45, 7) is 2.99. The lowest BCUT2D eigenvalue weighted by molar-refractivity contribution is -0.118. The lowest BCUT2D eigenvalue weighted by atomic mass is 10.1. The maximum Gasteiger partial charge on any atom is 0.255 e. The Morgan fingerprint density at radius 1 is 1.23 bits per heavy atom. The Morgan fingerprint density at radius 3 is 2.73 bits per heavy atom. The smallest absolute Gasteiger partial charge is 0.255 e. The van der Waals surface area contributed by atoms with Gasteiger partial charge in [-0.15, -0.1) is 0 Å². The average molecular weight is 354 g/mol. The molecule has 1 heterocycles. The van der Waals surface area contributed by atoms with Crippen molar-refractivity contribution in [3.05, 3.63) is 48.0 Å². The van der Waals surface area contributed by atoms with Crippen molar-refractivity contribution >= 4 is 28.9 Å². The number of rotatable bonds is 5. The highest BCUT2D eigenvalue weighted by molar-refractivity contribution is 6.06. The van der Waals surface area contributed by atoms with Gasteiger partial charge in [0.1, 0.15) is 17.5 Å². The molecule has 0 aromatic heterocycles. The number of nitrogens with one attached hydrogen (secondary N) is 3. The normalized spacial score (nSPS) is 14.0. The van der Waals surface area contributed by atoms with Crippen LogP contribution in [0.2, 0.25) is 0 Å². The molecule has 136 valence electrons. The first-order valence-corrected chi connectivity index (χ1v) is 8.51. The van der Waals surface area contributed by atoms with Crippen molar-refractivity contribution in [3.8, 4) is 5.75 Å². The first kappa shape index (κ1) is 17.6. The van der Waals surface area contributed by atoms with Gasteiger partial charge in [-0.25, -0.2) is 0 Å². The van der Waals surface area contributed by atoms with Crippen LogP contribution in [0.5, 0.6) is 5.75 Å². The van der Waals surface area contributed by atoms with E-state index >= 15 is 0 Å². The second kappa shape index (κ2) is 7.77. The van der Waals surface area contributed by atoms with E-state index in [0.717, 1.165) is 18.7 Å². The summed E-state index contributed by atoms with van der Waals surface area (Å²) in [5.41, 5.74) is 7.83. The van der Waals surface area contributed by atoms with Crippen LogP contribution in [-0.4, -0.2) is 31.0 Å². The zero-order chi connectivity index (χ0) is 18.5. The largest absolute Gasteiger partial charge is 0.491 e. The second-order valence-electron chi connectivity index (χ2n) is 6.11. The Balaban J connectivity index is 1.93. The molecule has 2 aromatic rings. The molecular formula is C19H22N4O3. The van der Waals surface area contributed by atoms with E-state index in [0.29, 0.717) is 29.3 Å². The van der Waals surface area contributed by atoms with Crippen molar-refractivity contribution in [1.29, 1.82) is 0 Å². The molecule has 1 aliphatic heterocycles. The quantitative estimate of drug-likeness (QED) is 0.660. The zero-order valence-corrected chi connectivity index (χ0v) is 14.5. The Bertz CT molecular complexity index is 808. The summed E-state index contributed by atoms with van der Waals surface area (Å²) in [5, 5.41) is 9.25.